The Labute approximate surface area is 268 Å². The van der Waals surface area contributed by atoms with Gasteiger partial charge in [0, 0.05) is 40.6 Å². The molecule has 0 fully saturated rings. The van der Waals surface area contributed by atoms with Crippen molar-refractivity contribution < 1.29 is 24.3 Å². The Morgan fingerprint density at radius 3 is 1.83 bits per heavy atom. The summed E-state index contributed by atoms with van der Waals surface area (Å²) in [4.78, 5) is 59.0. The van der Waals surface area contributed by atoms with Gasteiger partial charge in [0.25, 0.3) is 0 Å². The molecule has 4 aromatic rings. The summed E-state index contributed by atoms with van der Waals surface area (Å²) in [6.45, 7) is 4.15. The number of aromatic nitrogens is 2. The van der Waals surface area contributed by atoms with Gasteiger partial charge in [-0.05, 0) is 67.8 Å². The van der Waals surface area contributed by atoms with E-state index in [1.807, 2.05) is 68.6 Å². The molecule has 0 aliphatic carbocycles. The molecule has 4 atom stereocenters. The highest BCUT2D eigenvalue weighted by atomic mass is 16.4. The molecule has 2 aromatic heterocycles. The van der Waals surface area contributed by atoms with E-state index in [1.54, 1.807) is 6.20 Å². The number of fused-ring (bicyclic) bond motifs is 2. The lowest BCUT2D eigenvalue weighted by atomic mass is 10.0. The number of H-pyrrole nitrogens is 2. The smallest absolute Gasteiger partial charge is 0.326 e. The summed E-state index contributed by atoms with van der Waals surface area (Å²) in [5.74, 6) is -2.84. The van der Waals surface area contributed by atoms with E-state index in [9.17, 15) is 24.3 Å². The molecule has 46 heavy (non-hydrogen) atoms. The molecule has 4 unspecified atom stereocenters. The van der Waals surface area contributed by atoms with Crippen molar-refractivity contribution in [2.24, 2.45) is 17.4 Å². The fourth-order valence-electron chi connectivity index (χ4n) is 5.64. The van der Waals surface area contributed by atoms with E-state index in [0.717, 1.165) is 32.9 Å². The van der Waals surface area contributed by atoms with Gasteiger partial charge >= 0.3 is 5.97 Å². The lowest BCUT2D eigenvalue weighted by Crippen LogP contribution is -2.57. The van der Waals surface area contributed by atoms with Crippen molar-refractivity contribution in [1.82, 2.24) is 25.9 Å². The average Bonchev–Trinajstić information content (AvgIpc) is 3.63. The Balaban J connectivity index is 1.53. The van der Waals surface area contributed by atoms with Crippen LogP contribution in [0, 0.1) is 5.92 Å². The number of carboxylic acid groups (broad SMARTS) is 1. The van der Waals surface area contributed by atoms with Crippen LogP contribution < -0.4 is 27.4 Å². The molecule has 10 N–H and O–H groups in total. The van der Waals surface area contributed by atoms with Crippen molar-refractivity contribution in [3.05, 3.63) is 72.1 Å². The van der Waals surface area contributed by atoms with Gasteiger partial charge in [-0.1, -0.05) is 50.2 Å². The zero-order valence-corrected chi connectivity index (χ0v) is 26.3. The van der Waals surface area contributed by atoms with E-state index in [4.69, 9.17) is 11.5 Å². The number of unbranched alkanes of at least 4 members (excludes halogenated alkanes) is 1. The quantitative estimate of drug-likeness (QED) is 0.0816. The van der Waals surface area contributed by atoms with Crippen molar-refractivity contribution in [2.75, 3.05) is 6.54 Å². The maximum Gasteiger partial charge on any atom is 0.326 e. The Morgan fingerprint density at radius 1 is 0.739 bits per heavy atom. The van der Waals surface area contributed by atoms with Crippen LogP contribution in [0.25, 0.3) is 21.8 Å². The lowest BCUT2D eigenvalue weighted by molar-refractivity contribution is -0.142. The maximum absolute atomic E-state index is 13.8. The van der Waals surface area contributed by atoms with Crippen molar-refractivity contribution in [3.8, 4) is 0 Å². The van der Waals surface area contributed by atoms with Crippen molar-refractivity contribution >= 4 is 45.5 Å². The Kier molecular flexibility index (Phi) is 11.9. The third-order valence-electron chi connectivity index (χ3n) is 8.09. The van der Waals surface area contributed by atoms with Crippen LogP contribution in [-0.2, 0) is 32.0 Å². The van der Waals surface area contributed by atoms with E-state index in [1.165, 1.54) is 0 Å². The van der Waals surface area contributed by atoms with Crippen molar-refractivity contribution in [2.45, 2.75) is 76.5 Å². The molecular weight excluding hydrogens is 586 g/mol. The molecule has 0 aliphatic rings. The van der Waals surface area contributed by atoms with Crippen LogP contribution in [0.1, 0.15) is 50.7 Å². The molecule has 12 nitrogen and oxygen atoms in total. The molecule has 0 spiro atoms. The molecule has 0 aliphatic heterocycles. The minimum Gasteiger partial charge on any atom is -0.480 e. The van der Waals surface area contributed by atoms with E-state index in [-0.39, 0.29) is 31.6 Å². The van der Waals surface area contributed by atoms with E-state index in [0.29, 0.717) is 19.4 Å². The largest absolute Gasteiger partial charge is 0.480 e. The first-order valence-electron chi connectivity index (χ1n) is 15.8. The van der Waals surface area contributed by atoms with Crippen LogP contribution >= 0.6 is 0 Å². The summed E-state index contributed by atoms with van der Waals surface area (Å²) in [6, 6.07) is 11.1. The minimum absolute atomic E-state index is 0.0126. The summed E-state index contributed by atoms with van der Waals surface area (Å²) in [7, 11) is 0. The fraction of sp³-hybridized carbons (Fsp3) is 0.412. The number of rotatable bonds is 17. The van der Waals surface area contributed by atoms with Gasteiger partial charge in [-0.3, -0.25) is 14.4 Å². The lowest BCUT2D eigenvalue weighted by Gasteiger charge is -2.25. The molecule has 0 radical (unpaired) electrons. The second-order valence-electron chi connectivity index (χ2n) is 12.2. The van der Waals surface area contributed by atoms with Crippen LogP contribution in [0.3, 0.4) is 0 Å². The normalized spacial score (nSPS) is 14.1. The van der Waals surface area contributed by atoms with E-state index < -0.39 is 47.9 Å². The summed E-state index contributed by atoms with van der Waals surface area (Å²) >= 11 is 0. The summed E-state index contributed by atoms with van der Waals surface area (Å²) in [6.07, 6.45) is 5.63. The molecule has 0 saturated carbocycles. The molecule has 4 rings (SSSR count). The number of hydrogen-bond donors (Lipinski definition) is 8. The highest BCUT2D eigenvalue weighted by Crippen LogP contribution is 2.21. The van der Waals surface area contributed by atoms with E-state index in [2.05, 4.69) is 25.9 Å². The summed E-state index contributed by atoms with van der Waals surface area (Å²) in [5.41, 5.74) is 15.5. The SMILES string of the molecule is CC(C)CC(NC(=O)C(Cc1c[nH]c2ccccc12)NC(=O)C(CCCCN)NC(=O)C(N)Cc1c[nH]c2ccccc12)C(=O)O. The Morgan fingerprint density at radius 2 is 1.26 bits per heavy atom. The number of carbonyl (C=O) groups excluding carboxylic acids is 3. The highest BCUT2D eigenvalue weighted by molar-refractivity contribution is 5.95. The second-order valence-corrected chi connectivity index (χ2v) is 12.2. The third-order valence-corrected chi connectivity index (χ3v) is 8.09. The van der Waals surface area contributed by atoms with Gasteiger partial charge in [-0.25, -0.2) is 4.79 Å². The van der Waals surface area contributed by atoms with Gasteiger partial charge in [0.1, 0.15) is 18.1 Å². The van der Waals surface area contributed by atoms with Crippen LogP contribution in [0.5, 0.6) is 0 Å². The number of nitrogens with one attached hydrogen (secondary N) is 5. The zero-order chi connectivity index (χ0) is 33.2. The fourth-order valence-corrected chi connectivity index (χ4v) is 5.64. The number of carbonyl (C=O) groups is 4. The first kappa shape index (κ1) is 34.2. The average molecular weight is 632 g/mol. The number of carboxylic acids is 1. The number of para-hydroxylation sites is 2. The third kappa shape index (κ3) is 8.95. The van der Waals surface area contributed by atoms with E-state index >= 15 is 0 Å². The molecule has 12 heteroatoms. The first-order chi connectivity index (χ1) is 22.1. The van der Waals surface area contributed by atoms with Crippen molar-refractivity contribution in [1.29, 1.82) is 0 Å². The topological polar surface area (TPSA) is 208 Å². The van der Waals surface area contributed by atoms with Gasteiger partial charge < -0.3 is 42.5 Å². The van der Waals surface area contributed by atoms with Crippen LogP contribution in [0.4, 0.5) is 0 Å². The molecule has 2 aromatic carbocycles. The van der Waals surface area contributed by atoms with Crippen LogP contribution in [0.2, 0.25) is 0 Å². The molecule has 0 saturated heterocycles. The van der Waals surface area contributed by atoms with Crippen LogP contribution in [-0.4, -0.2) is 69.5 Å². The van der Waals surface area contributed by atoms with Crippen molar-refractivity contribution in [3.63, 3.8) is 0 Å². The molecule has 246 valence electrons. The van der Waals surface area contributed by atoms with Gasteiger partial charge in [0.05, 0.1) is 6.04 Å². The maximum atomic E-state index is 13.8. The zero-order valence-electron chi connectivity index (χ0n) is 26.3. The number of nitrogens with two attached hydrogens (primary N) is 2. The first-order valence-corrected chi connectivity index (χ1v) is 15.8. The molecular formula is C34H45N7O5. The van der Waals surface area contributed by atoms with Gasteiger partial charge in [-0.15, -0.1) is 0 Å². The van der Waals surface area contributed by atoms with Gasteiger partial charge in [0.15, 0.2) is 0 Å². The monoisotopic (exact) mass is 631 g/mol. The van der Waals surface area contributed by atoms with Gasteiger partial charge in [-0.2, -0.15) is 0 Å². The highest BCUT2D eigenvalue weighted by Gasteiger charge is 2.31. The second kappa shape index (κ2) is 16.1. The predicted molar refractivity (Wildman–Crippen MR) is 178 cm³/mol. The molecule has 2 heterocycles. The Bertz CT molecular complexity index is 1640. The number of aromatic amines is 2. The number of benzene rings is 2. The standard InChI is InChI=1S/C34H45N7O5/c1-20(2)15-30(34(45)46)41-33(44)29(17-22-19-38-27-12-6-4-10-24(22)27)40-32(43)28(13-7-8-14-35)39-31(42)25(36)16-21-18-37-26-11-5-3-9-23(21)26/h3-6,9-12,18-20,25,28-30,37-38H,7-8,13-17,35-36H2,1-2H3,(H,39,42)(H,40,43)(H,41,44)(H,45,46). The molecule has 3 amide bonds. The number of aliphatic carboxylic acids is 1. The van der Waals surface area contributed by atoms with Gasteiger partial charge in [0.2, 0.25) is 17.7 Å². The predicted octanol–water partition coefficient (Wildman–Crippen LogP) is 2.48. The summed E-state index contributed by atoms with van der Waals surface area (Å²) < 4.78 is 0. The number of amides is 3. The molecule has 0 bridgehead atoms. The minimum atomic E-state index is -1.16. The van der Waals surface area contributed by atoms with Crippen LogP contribution in [0.15, 0.2) is 60.9 Å². The summed E-state index contributed by atoms with van der Waals surface area (Å²) in [5, 5.41) is 19.8. The number of hydrogen-bond acceptors (Lipinski definition) is 6. The Hall–Kier alpha value is -4.68.